The van der Waals surface area contributed by atoms with Crippen molar-refractivity contribution >= 4 is 5.82 Å². The van der Waals surface area contributed by atoms with Crippen molar-refractivity contribution in [2.24, 2.45) is 0 Å². The number of rotatable bonds is 3. The lowest BCUT2D eigenvalue weighted by atomic mass is 9.97. The minimum absolute atomic E-state index is 0.0571. The van der Waals surface area contributed by atoms with Gasteiger partial charge < -0.3 is 20.3 Å². The van der Waals surface area contributed by atoms with Crippen molar-refractivity contribution in [1.82, 2.24) is 4.98 Å². The summed E-state index contributed by atoms with van der Waals surface area (Å²) in [7, 11) is 1.38. The van der Waals surface area contributed by atoms with Gasteiger partial charge in [-0.2, -0.15) is 14.3 Å². The maximum absolute atomic E-state index is 14.8. The molecule has 0 aliphatic carbocycles. The fourth-order valence-electron chi connectivity index (χ4n) is 2.12. The summed E-state index contributed by atoms with van der Waals surface area (Å²) in [5, 5.41) is 9.94. The van der Waals surface area contributed by atoms with Gasteiger partial charge >= 0.3 is 5.69 Å². The van der Waals surface area contributed by atoms with Gasteiger partial charge in [0.2, 0.25) is 0 Å². The Labute approximate surface area is 114 Å². The van der Waals surface area contributed by atoms with E-state index in [4.69, 9.17) is 21.6 Å². The molecule has 0 bridgehead atoms. The maximum Gasteiger partial charge on any atom is 0.499 e. The summed E-state index contributed by atoms with van der Waals surface area (Å²) >= 11 is 0. The van der Waals surface area contributed by atoms with Gasteiger partial charge in [0.1, 0.15) is 18.4 Å². The molecule has 108 valence electrons. The fraction of sp³-hybridized carbons (Fsp3) is 0.500. The zero-order valence-corrected chi connectivity index (χ0v) is 10.7. The van der Waals surface area contributed by atoms with Gasteiger partial charge in [0.15, 0.2) is 5.82 Å². The van der Waals surface area contributed by atoms with Gasteiger partial charge in [-0.05, 0) is 0 Å². The van der Waals surface area contributed by atoms with Crippen molar-refractivity contribution in [3.8, 4) is 12.3 Å². The van der Waals surface area contributed by atoms with Gasteiger partial charge in [0.05, 0.1) is 6.61 Å². The molecule has 4 N–H and O–H groups in total. The molecule has 1 aromatic rings. The number of anilines is 1. The third-order valence-corrected chi connectivity index (χ3v) is 3.15. The Kier molecular flexibility index (Phi) is 3.76. The van der Waals surface area contributed by atoms with Gasteiger partial charge in [0.25, 0.3) is 11.9 Å². The second-order valence-electron chi connectivity index (χ2n) is 4.45. The van der Waals surface area contributed by atoms with E-state index in [0.29, 0.717) is 0 Å². The highest BCUT2D eigenvalue weighted by atomic mass is 19.1. The number of hydrogen-bond acceptors (Lipinski definition) is 5. The first-order chi connectivity index (χ1) is 9.43. The van der Waals surface area contributed by atoms with E-state index < -0.39 is 29.8 Å². The summed E-state index contributed by atoms with van der Waals surface area (Å²) in [5.74, 6) is 1.98. The number of nitrogens with one attached hydrogen (secondary N) is 1. The molecule has 0 aromatic carbocycles. The average molecular weight is 284 g/mol. The third-order valence-electron chi connectivity index (χ3n) is 3.15. The molecule has 0 spiro atoms. The number of terminal acetylenes is 1. The Morgan fingerprint density at radius 1 is 1.80 bits per heavy atom. The number of hydrogen-bond donors (Lipinski definition) is 3. The van der Waals surface area contributed by atoms with Crippen LogP contribution in [0.3, 0.4) is 0 Å². The standard InChI is InChI=1S/C12H14FN3O4/c1-3-12(13)9(17)7(6-19-2)20-10(12)16-5-4-8(14)15-11(16)18/h1,4-5,7,9-10,17H,6H2,2H3,(H2,14,15,18)/p+1. The molecule has 1 aromatic heterocycles. The summed E-state index contributed by atoms with van der Waals surface area (Å²) < 4.78 is 25.8. The number of H-pyrrole nitrogens is 1. The minimum Gasteiger partial charge on any atom is -0.386 e. The predicted octanol–water partition coefficient (Wildman–Crippen LogP) is -1.51. The van der Waals surface area contributed by atoms with E-state index in [-0.39, 0.29) is 12.4 Å². The van der Waals surface area contributed by atoms with Crippen LogP contribution in [-0.2, 0) is 9.47 Å². The molecule has 8 heteroatoms. The predicted molar refractivity (Wildman–Crippen MR) is 66.1 cm³/mol. The van der Waals surface area contributed by atoms with E-state index >= 15 is 0 Å². The lowest BCUT2D eigenvalue weighted by molar-refractivity contribution is -0.782. The van der Waals surface area contributed by atoms with Gasteiger partial charge in [0, 0.05) is 13.2 Å². The summed E-state index contributed by atoms with van der Waals surface area (Å²) in [6, 6.07) is 1.36. The van der Waals surface area contributed by atoms with E-state index in [0.717, 1.165) is 4.57 Å². The first kappa shape index (κ1) is 14.5. The van der Waals surface area contributed by atoms with Crippen LogP contribution in [0.2, 0.25) is 0 Å². The monoisotopic (exact) mass is 284 g/mol. The van der Waals surface area contributed by atoms with E-state index in [2.05, 4.69) is 4.98 Å². The summed E-state index contributed by atoms with van der Waals surface area (Å²) in [4.78, 5) is 14.1. The number of aliphatic hydroxyl groups excluding tert-OH is 1. The zero-order valence-electron chi connectivity index (χ0n) is 10.7. The Morgan fingerprint density at radius 3 is 3.05 bits per heavy atom. The van der Waals surface area contributed by atoms with E-state index in [1.807, 2.05) is 5.92 Å². The normalized spacial score (nSPS) is 33.0. The molecule has 1 aliphatic rings. The zero-order chi connectivity index (χ0) is 14.9. The molecule has 4 atom stereocenters. The van der Waals surface area contributed by atoms with Crippen molar-refractivity contribution in [2.75, 3.05) is 19.5 Å². The number of nitrogens with two attached hydrogens (primary N) is 1. The number of methoxy groups -OCH3 is 1. The molecule has 0 saturated carbocycles. The Bertz CT molecular complexity index is 599. The third kappa shape index (κ3) is 2.16. The summed E-state index contributed by atoms with van der Waals surface area (Å²) in [6.45, 7) is -0.0571. The highest BCUT2D eigenvalue weighted by molar-refractivity contribution is 5.22. The van der Waals surface area contributed by atoms with Gasteiger partial charge in [-0.15, -0.1) is 6.42 Å². The van der Waals surface area contributed by atoms with Crippen molar-refractivity contribution in [3.05, 3.63) is 22.7 Å². The second kappa shape index (κ2) is 5.20. The van der Waals surface area contributed by atoms with Crippen molar-refractivity contribution in [3.63, 3.8) is 0 Å². The molecule has 4 unspecified atom stereocenters. The van der Waals surface area contributed by atoms with E-state index in [1.54, 1.807) is 0 Å². The Morgan fingerprint density at radius 2 is 2.50 bits per heavy atom. The van der Waals surface area contributed by atoms with Crippen LogP contribution >= 0.6 is 0 Å². The van der Waals surface area contributed by atoms with Crippen molar-refractivity contribution < 1.29 is 23.5 Å². The van der Waals surface area contributed by atoms with Crippen LogP contribution in [0.4, 0.5) is 10.2 Å². The molecule has 2 rings (SSSR count). The average Bonchev–Trinajstić information content (AvgIpc) is 2.65. The van der Waals surface area contributed by atoms with Crippen molar-refractivity contribution in [2.45, 2.75) is 24.1 Å². The van der Waals surface area contributed by atoms with E-state index in [9.17, 15) is 14.3 Å². The van der Waals surface area contributed by atoms with E-state index in [1.165, 1.54) is 19.4 Å². The molecule has 1 aliphatic heterocycles. The quantitative estimate of drug-likeness (QED) is 0.463. The van der Waals surface area contributed by atoms with Crippen LogP contribution < -0.4 is 16.0 Å². The highest BCUT2D eigenvalue weighted by Crippen LogP contribution is 2.37. The number of ether oxygens (including phenoxy) is 2. The number of halogens is 1. The smallest absolute Gasteiger partial charge is 0.386 e. The molecule has 20 heavy (non-hydrogen) atoms. The van der Waals surface area contributed by atoms with Gasteiger partial charge in [-0.25, -0.2) is 4.39 Å². The van der Waals surface area contributed by atoms with Crippen molar-refractivity contribution in [1.29, 1.82) is 0 Å². The maximum atomic E-state index is 14.8. The molecule has 1 fully saturated rings. The minimum atomic E-state index is -2.54. The second-order valence-corrected chi connectivity index (χ2v) is 4.45. The van der Waals surface area contributed by atoms with Crippen LogP contribution in [0, 0.1) is 12.3 Å². The topological polar surface area (TPSA) is 101 Å². The highest BCUT2D eigenvalue weighted by Gasteiger charge is 2.60. The largest absolute Gasteiger partial charge is 0.499 e. The van der Waals surface area contributed by atoms with Crippen LogP contribution in [-0.4, -0.2) is 41.7 Å². The SMILES string of the molecule is C#CC1(F)C(O)C(COC)OC1[n+]1ccc(N)[nH]c1=O. The van der Waals surface area contributed by atoms with Crippen LogP contribution in [0.1, 0.15) is 6.23 Å². The van der Waals surface area contributed by atoms with Crippen LogP contribution in [0.25, 0.3) is 0 Å². The summed E-state index contributed by atoms with van der Waals surface area (Å²) in [5.41, 5.74) is 2.17. The molecule has 0 radical (unpaired) electrons. The molecular weight excluding hydrogens is 269 g/mol. The molecular formula is C12H15FN3O4+. The number of aromatic nitrogens is 2. The number of nitrogen functional groups attached to an aromatic ring is 1. The van der Waals surface area contributed by atoms with Gasteiger partial charge in [-0.1, -0.05) is 5.92 Å². The number of aliphatic hydroxyl groups is 1. The van der Waals surface area contributed by atoms with Gasteiger partial charge in [-0.3, -0.25) is 0 Å². The lowest BCUT2D eigenvalue weighted by Gasteiger charge is -2.20. The number of nitrogens with zero attached hydrogens (tertiary/aromatic N) is 1. The summed E-state index contributed by atoms with van der Waals surface area (Å²) in [6.07, 6.45) is 2.36. The first-order valence-corrected chi connectivity index (χ1v) is 5.83. The lowest BCUT2D eigenvalue weighted by Crippen LogP contribution is -2.61. The van der Waals surface area contributed by atoms with Crippen LogP contribution in [0.5, 0.6) is 0 Å². The fourth-order valence-corrected chi connectivity index (χ4v) is 2.12. The van der Waals surface area contributed by atoms with Crippen LogP contribution in [0.15, 0.2) is 17.1 Å². The number of alkyl halides is 1. The Balaban J connectivity index is 2.44. The molecule has 7 nitrogen and oxygen atoms in total. The number of aromatic amines is 1. The Hall–Kier alpha value is -1.95. The molecule has 0 amide bonds. The first-order valence-electron chi connectivity index (χ1n) is 5.83. The molecule has 1 saturated heterocycles. The molecule has 2 heterocycles.